The van der Waals surface area contributed by atoms with Gasteiger partial charge in [-0.25, -0.2) is 9.97 Å². The van der Waals surface area contributed by atoms with E-state index >= 15 is 0 Å². The summed E-state index contributed by atoms with van der Waals surface area (Å²) < 4.78 is 2.05. The number of aromatic nitrogens is 3. The van der Waals surface area contributed by atoms with E-state index in [0.29, 0.717) is 11.9 Å². The van der Waals surface area contributed by atoms with Crippen LogP contribution in [0.4, 0.5) is 0 Å². The second-order valence-corrected chi connectivity index (χ2v) is 7.47. The second kappa shape index (κ2) is 7.47. The van der Waals surface area contributed by atoms with Crippen LogP contribution in [0.25, 0.3) is 5.95 Å². The van der Waals surface area contributed by atoms with Crippen LogP contribution < -0.4 is 0 Å². The molecule has 0 spiro atoms. The summed E-state index contributed by atoms with van der Waals surface area (Å²) in [4.78, 5) is 12.2. The average Bonchev–Trinajstić information content (AvgIpc) is 3.35. The molecule has 0 amide bonds. The van der Waals surface area contributed by atoms with Crippen LogP contribution in [0.1, 0.15) is 29.5 Å². The highest BCUT2D eigenvalue weighted by Gasteiger charge is 2.27. The van der Waals surface area contributed by atoms with Crippen LogP contribution in [-0.4, -0.2) is 37.6 Å². The third kappa shape index (κ3) is 3.66. The Labute approximate surface area is 151 Å². The lowest BCUT2D eigenvalue weighted by Crippen LogP contribution is -2.35. The monoisotopic (exact) mass is 354 g/mol. The van der Waals surface area contributed by atoms with Gasteiger partial charge < -0.3 is 5.11 Å². The first-order chi connectivity index (χ1) is 12.3. The Kier molecular flexibility index (Phi) is 4.92. The molecule has 1 atom stereocenters. The summed E-state index contributed by atoms with van der Waals surface area (Å²) in [6.45, 7) is 2.90. The molecule has 4 rings (SSSR count). The molecule has 130 valence electrons. The maximum atomic E-state index is 10.5. The molecule has 1 saturated heterocycles. The molecule has 3 aromatic heterocycles. The highest BCUT2D eigenvalue weighted by molar-refractivity contribution is 7.10. The number of hydrogen-bond acceptors (Lipinski definition) is 5. The molecule has 1 aliphatic rings. The minimum absolute atomic E-state index is 0.316. The average molecular weight is 354 g/mol. The molecule has 0 saturated carbocycles. The Bertz CT molecular complexity index is 779. The van der Waals surface area contributed by atoms with Crippen molar-refractivity contribution in [3.8, 4) is 5.95 Å². The molecule has 1 aliphatic heterocycles. The van der Waals surface area contributed by atoms with Crippen molar-refractivity contribution < 1.29 is 5.11 Å². The third-order valence-electron chi connectivity index (χ3n) is 4.90. The number of likely N-dealkylation sites (tertiary alicyclic amines) is 1. The largest absolute Gasteiger partial charge is 0.387 e. The van der Waals surface area contributed by atoms with Gasteiger partial charge in [0.1, 0.15) is 0 Å². The molecule has 0 aliphatic carbocycles. The molecule has 4 heterocycles. The van der Waals surface area contributed by atoms with Crippen molar-refractivity contribution in [2.45, 2.75) is 25.5 Å². The molecule has 1 unspecified atom stereocenters. The highest BCUT2D eigenvalue weighted by Crippen LogP contribution is 2.33. The van der Waals surface area contributed by atoms with Crippen molar-refractivity contribution in [1.29, 1.82) is 0 Å². The van der Waals surface area contributed by atoms with Gasteiger partial charge in [0.2, 0.25) is 5.95 Å². The predicted molar refractivity (Wildman–Crippen MR) is 98.6 cm³/mol. The first-order valence-corrected chi connectivity index (χ1v) is 9.56. The molecule has 0 bridgehead atoms. The lowest BCUT2D eigenvalue weighted by molar-refractivity contribution is 0.0586. The van der Waals surface area contributed by atoms with Gasteiger partial charge in [0, 0.05) is 35.7 Å². The van der Waals surface area contributed by atoms with Gasteiger partial charge in [-0.3, -0.25) is 9.47 Å². The Morgan fingerprint density at radius 1 is 1.12 bits per heavy atom. The van der Waals surface area contributed by atoms with E-state index in [0.717, 1.165) is 37.4 Å². The van der Waals surface area contributed by atoms with Crippen LogP contribution in [0, 0.1) is 5.92 Å². The first kappa shape index (κ1) is 16.4. The SMILES string of the molecule is OC(c1cccs1)C1CCN(Cc2cccn2-c2ncccn2)CC1. The van der Waals surface area contributed by atoms with Crippen molar-refractivity contribution in [3.05, 3.63) is 64.9 Å². The fourth-order valence-corrected chi connectivity index (χ4v) is 4.31. The van der Waals surface area contributed by atoms with Gasteiger partial charge in [0.15, 0.2) is 0 Å². The van der Waals surface area contributed by atoms with Crippen molar-refractivity contribution in [3.63, 3.8) is 0 Å². The summed E-state index contributed by atoms with van der Waals surface area (Å²) in [6, 6.07) is 10.0. The molecule has 1 fully saturated rings. The standard InChI is InChI=1S/C19H22N4OS/c24-18(17-5-2-13-25-17)15-6-11-22(12-7-15)14-16-4-1-10-23(16)19-20-8-3-9-21-19/h1-5,8-10,13,15,18,24H,6-7,11-12,14H2. The summed E-state index contributed by atoms with van der Waals surface area (Å²) in [5.41, 5.74) is 1.20. The van der Waals surface area contributed by atoms with E-state index in [9.17, 15) is 5.11 Å². The van der Waals surface area contributed by atoms with E-state index in [4.69, 9.17) is 0 Å². The predicted octanol–water partition coefficient (Wildman–Crippen LogP) is 3.27. The van der Waals surface area contributed by atoms with Crippen molar-refractivity contribution in [2.24, 2.45) is 5.92 Å². The summed E-state index contributed by atoms with van der Waals surface area (Å²) in [6.07, 6.45) is 7.29. The molecular formula is C19H22N4OS. The fraction of sp³-hybridized carbons (Fsp3) is 0.368. The Hall–Kier alpha value is -2.02. The molecule has 5 nitrogen and oxygen atoms in total. The summed E-state index contributed by atoms with van der Waals surface area (Å²) >= 11 is 1.65. The Balaban J connectivity index is 1.38. The molecule has 0 aromatic carbocycles. The Morgan fingerprint density at radius 2 is 1.92 bits per heavy atom. The Morgan fingerprint density at radius 3 is 2.64 bits per heavy atom. The zero-order chi connectivity index (χ0) is 17.1. The number of aliphatic hydroxyl groups is 1. The molecule has 1 N–H and O–H groups in total. The van der Waals surface area contributed by atoms with E-state index in [-0.39, 0.29) is 6.10 Å². The van der Waals surface area contributed by atoms with Crippen LogP contribution in [0.2, 0.25) is 0 Å². The van der Waals surface area contributed by atoms with Crippen LogP contribution in [0.3, 0.4) is 0 Å². The van der Waals surface area contributed by atoms with E-state index in [1.54, 1.807) is 23.7 Å². The van der Waals surface area contributed by atoms with E-state index in [2.05, 4.69) is 20.9 Å². The quantitative estimate of drug-likeness (QED) is 0.764. The molecule has 3 aromatic rings. The highest BCUT2D eigenvalue weighted by atomic mass is 32.1. The lowest BCUT2D eigenvalue weighted by atomic mass is 9.90. The van der Waals surface area contributed by atoms with E-state index in [1.807, 2.05) is 40.4 Å². The van der Waals surface area contributed by atoms with Crippen LogP contribution >= 0.6 is 11.3 Å². The maximum Gasteiger partial charge on any atom is 0.233 e. The lowest BCUT2D eigenvalue weighted by Gasteiger charge is -2.34. The molecular weight excluding hydrogens is 332 g/mol. The van der Waals surface area contributed by atoms with Crippen LogP contribution in [-0.2, 0) is 6.54 Å². The number of rotatable bonds is 5. The number of piperidine rings is 1. The van der Waals surface area contributed by atoms with Crippen molar-refractivity contribution >= 4 is 11.3 Å². The zero-order valence-corrected chi connectivity index (χ0v) is 14.8. The first-order valence-electron chi connectivity index (χ1n) is 8.69. The molecule has 0 radical (unpaired) electrons. The molecule has 6 heteroatoms. The number of aliphatic hydroxyl groups excluding tert-OH is 1. The summed E-state index contributed by atoms with van der Waals surface area (Å²) in [5.74, 6) is 1.07. The number of hydrogen-bond donors (Lipinski definition) is 1. The minimum atomic E-state index is -0.316. The number of nitrogens with zero attached hydrogens (tertiary/aromatic N) is 4. The zero-order valence-electron chi connectivity index (χ0n) is 14.0. The van der Waals surface area contributed by atoms with Gasteiger partial charge in [0.25, 0.3) is 0 Å². The van der Waals surface area contributed by atoms with Gasteiger partial charge in [-0.15, -0.1) is 11.3 Å². The third-order valence-corrected chi connectivity index (χ3v) is 5.84. The minimum Gasteiger partial charge on any atom is -0.387 e. The van der Waals surface area contributed by atoms with Crippen LogP contribution in [0.15, 0.2) is 54.3 Å². The topological polar surface area (TPSA) is 54.2 Å². The van der Waals surface area contributed by atoms with E-state index in [1.165, 1.54) is 5.69 Å². The number of thiophene rings is 1. The normalized spacial score (nSPS) is 17.6. The molecule has 25 heavy (non-hydrogen) atoms. The smallest absolute Gasteiger partial charge is 0.233 e. The van der Waals surface area contributed by atoms with Crippen molar-refractivity contribution in [2.75, 3.05) is 13.1 Å². The van der Waals surface area contributed by atoms with E-state index < -0.39 is 0 Å². The van der Waals surface area contributed by atoms with Gasteiger partial charge in [-0.1, -0.05) is 6.07 Å². The van der Waals surface area contributed by atoms with Gasteiger partial charge in [-0.2, -0.15) is 0 Å². The van der Waals surface area contributed by atoms with Gasteiger partial charge in [-0.05, 0) is 61.5 Å². The fourth-order valence-electron chi connectivity index (χ4n) is 3.50. The maximum absolute atomic E-state index is 10.5. The second-order valence-electron chi connectivity index (χ2n) is 6.49. The van der Waals surface area contributed by atoms with Gasteiger partial charge >= 0.3 is 0 Å². The van der Waals surface area contributed by atoms with Gasteiger partial charge in [0.05, 0.1) is 6.10 Å². The summed E-state index contributed by atoms with van der Waals surface area (Å²) in [5, 5.41) is 12.6. The van der Waals surface area contributed by atoms with Crippen LogP contribution in [0.5, 0.6) is 0 Å². The van der Waals surface area contributed by atoms with Crippen molar-refractivity contribution in [1.82, 2.24) is 19.4 Å². The summed E-state index contributed by atoms with van der Waals surface area (Å²) in [7, 11) is 0.